The predicted octanol–water partition coefficient (Wildman–Crippen LogP) is 4.88. The van der Waals surface area contributed by atoms with E-state index in [1.165, 1.54) is 17.5 Å². The molecule has 0 aliphatic heterocycles. The highest BCUT2D eigenvalue weighted by molar-refractivity contribution is 7.21. The summed E-state index contributed by atoms with van der Waals surface area (Å²) < 4.78 is 0.885. The molecule has 0 spiro atoms. The van der Waals surface area contributed by atoms with Crippen molar-refractivity contribution in [2.24, 2.45) is 0 Å². The maximum Gasteiger partial charge on any atom is 0.206 e. The molecule has 2 heterocycles. The van der Waals surface area contributed by atoms with Crippen molar-refractivity contribution in [3.8, 4) is 0 Å². The lowest BCUT2D eigenvalue weighted by atomic mass is 9.86. The molecule has 0 saturated carbocycles. The number of carbonyl (C=O) groups is 2. The summed E-state index contributed by atoms with van der Waals surface area (Å²) in [4.78, 5) is 31.0. The van der Waals surface area contributed by atoms with Crippen molar-refractivity contribution < 1.29 is 9.59 Å². The Morgan fingerprint density at radius 2 is 1.75 bits per heavy atom. The molecule has 24 heavy (non-hydrogen) atoms. The third-order valence-electron chi connectivity index (χ3n) is 4.33. The van der Waals surface area contributed by atoms with Gasteiger partial charge in [0, 0.05) is 32.3 Å². The van der Waals surface area contributed by atoms with E-state index >= 15 is 0 Å². The lowest BCUT2D eigenvalue weighted by Gasteiger charge is -2.16. The Morgan fingerprint density at radius 3 is 2.62 bits per heavy atom. The standard InChI is InChI=1S/C19H8ClNO2S/c20-9-5-6-14-11(7-9)16-18(23)15-10-3-1-2-4-13(10)21-8-12(15)17(22)19(16)24-14/h1-8H. The van der Waals surface area contributed by atoms with Crippen molar-refractivity contribution in [3.05, 3.63) is 75.3 Å². The molecule has 114 valence electrons. The quantitative estimate of drug-likeness (QED) is 0.400. The number of para-hydroxylation sites is 1. The Labute approximate surface area is 145 Å². The van der Waals surface area contributed by atoms with Crippen LogP contribution in [0.1, 0.15) is 31.2 Å². The minimum Gasteiger partial charge on any atom is -0.288 e. The molecular formula is C19H8ClNO2S. The Balaban J connectivity index is 1.93. The van der Waals surface area contributed by atoms with Crippen LogP contribution in [-0.2, 0) is 0 Å². The van der Waals surface area contributed by atoms with Gasteiger partial charge in [-0.2, -0.15) is 0 Å². The minimum absolute atomic E-state index is 0.133. The zero-order valence-electron chi connectivity index (χ0n) is 12.2. The first-order valence-electron chi connectivity index (χ1n) is 7.34. The summed E-state index contributed by atoms with van der Waals surface area (Å²) in [7, 11) is 0. The summed E-state index contributed by atoms with van der Waals surface area (Å²) in [6.07, 6.45) is 1.51. The normalized spacial score (nSPS) is 13.4. The molecule has 0 fully saturated rings. The number of fused-ring (bicyclic) bond motifs is 6. The number of halogens is 1. The van der Waals surface area contributed by atoms with Crippen molar-refractivity contribution in [3.63, 3.8) is 0 Å². The number of aromatic nitrogens is 1. The third kappa shape index (κ3) is 1.70. The highest BCUT2D eigenvalue weighted by Crippen LogP contribution is 2.40. The second-order valence-corrected chi connectivity index (χ2v) is 7.16. The molecule has 0 unspecified atom stereocenters. The molecule has 2 aromatic heterocycles. The molecule has 2 aromatic carbocycles. The van der Waals surface area contributed by atoms with Gasteiger partial charge in [-0.25, -0.2) is 0 Å². The molecule has 5 heteroatoms. The topological polar surface area (TPSA) is 47.0 Å². The lowest BCUT2D eigenvalue weighted by molar-refractivity contribution is 0.0984. The smallest absolute Gasteiger partial charge is 0.206 e. The van der Waals surface area contributed by atoms with Gasteiger partial charge in [0.2, 0.25) is 5.78 Å². The molecule has 0 N–H and O–H groups in total. The summed E-state index contributed by atoms with van der Waals surface area (Å²) in [6, 6.07) is 12.8. The molecule has 0 radical (unpaired) electrons. The van der Waals surface area contributed by atoms with E-state index in [1.54, 1.807) is 12.1 Å². The van der Waals surface area contributed by atoms with Gasteiger partial charge in [-0.3, -0.25) is 14.6 Å². The highest BCUT2D eigenvalue weighted by atomic mass is 35.5. The van der Waals surface area contributed by atoms with Crippen molar-refractivity contribution in [2.45, 2.75) is 0 Å². The van der Waals surface area contributed by atoms with Crippen LogP contribution in [-0.4, -0.2) is 16.6 Å². The van der Waals surface area contributed by atoms with Crippen LogP contribution in [0.2, 0.25) is 5.02 Å². The van der Waals surface area contributed by atoms with Gasteiger partial charge in [0.05, 0.1) is 21.5 Å². The Bertz CT molecular complexity index is 1210. The minimum atomic E-state index is -0.143. The molecule has 5 rings (SSSR count). The first kappa shape index (κ1) is 13.8. The van der Waals surface area contributed by atoms with Crippen molar-refractivity contribution in [1.82, 2.24) is 4.98 Å². The third-order valence-corrected chi connectivity index (χ3v) is 5.74. The van der Waals surface area contributed by atoms with E-state index in [0.717, 1.165) is 10.1 Å². The second-order valence-electron chi connectivity index (χ2n) is 5.67. The molecule has 0 amide bonds. The number of ketones is 2. The monoisotopic (exact) mass is 349 g/mol. The van der Waals surface area contributed by atoms with E-state index < -0.39 is 0 Å². The SMILES string of the molecule is O=C1c2cnc3ccccc3c2C(=O)c2c1sc1ccc(Cl)cc21. The van der Waals surface area contributed by atoms with Crippen LogP contribution < -0.4 is 0 Å². The average molecular weight is 350 g/mol. The Morgan fingerprint density at radius 1 is 0.917 bits per heavy atom. The van der Waals surface area contributed by atoms with Gasteiger partial charge in [-0.15, -0.1) is 11.3 Å². The zero-order valence-corrected chi connectivity index (χ0v) is 13.7. The van der Waals surface area contributed by atoms with Crippen LogP contribution in [0.3, 0.4) is 0 Å². The van der Waals surface area contributed by atoms with Gasteiger partial charge < -0.3 is 0 Å². The van der Waals surface area contributed by atoms with Gasteiger partial charge in [0.1, 0.15) is 0 Å². The first-order valence-corrected chi connectivity index (χ1v) is 8.54. The zero-order chi connectivity index (χ0) is 16.4. The number of carbonyl (C=O) groups excluding carboxylic acids is 2. The fourth-order valence-corrected chi connectivity index (χ4v) is 4.57. The summed E-state index contributed by atoms with van der Waals surface area (Å²) in [5.74, 6) is -0.276. The molecule has 0 atom stereocenters. The number of pyridine rings is 1. The number of hydrogen-bond donors (Lipinski definition) is 0. The summed E-state index contributed by atoms with van der Waals surface area (Å²) in [5.41, 5.74) is 1.99. The molecule has 1 aliphatic carbocycles. The van der Waals surface area contributed by atoms with Crippen molar-refractivity contribution in [2.75, 3.05) is 0 Å². The van der Waals surface area contributed by atoms with Gasteiger partial charge in [-0.1, -0.05) is 29.8 Å². The van der Waals surface area contributed by atoms with Gasteiger partial charge in [-0.05, 0) is 24.3 Å². The maximum atomic E-state index is 13.2. The van der Waals surface area contributed by atoms with E-state index in [1.807, 2.05) is 30.3 Å². The molecule has 3 nitrogen and oxygen atoms in total. The van der Waals surface area contributed by atoms with Crippen molar-refractivity contribution >= 4 is 55.5 Å². The van der Waals surface area contributed by atoms with Crippen LogP contribution >= 0.6 is 22.9 Å². The van der Waals surface area contributed by atoms with Gasteiger partial charge in [0.15, 0.2) is 5.78 Å². The fourth-order valence-electron chi connectivity index (χ4n) is 3.26. The van der Waals surface area contributed by atoms with Gasteiger partial charge >= 0.3 is 0 Å². The number of thiophene rings is 1. The first-order chi connectivity index (χ1) is 11.6. The number of hydrogen-bond acceptors (Lipinski definition) is 4. The number of rotatable bonds is 0. The van der Waals surface area contributed by atoms with Crippen LogP contribution in [0.25, 0.3) is 21.0 Å². The fraction of sp³-hybridized carbons (Fsp3) is 0. The van der Waals surface area contributed by atoms with Crippen LogP contribution in [0.5, 0.6) is 0 Å². The summed E-state index contributed by atoms with van der Waals surface area (Å²) in [6.45, 7) is 0. The van der Waals surface area contributed by atoms with E-state index in [2.05, 4.69) is 4.98 Å². The molecule has 1 aliphatic rings. The molecular weight excluding hydrogens is 342 g/mol. The van der Waals surface area contributed by atoms with E-state index in [9.17, 15) is 9.59 Å². The van der Waals surface area contributed by atoms with E-state index in [-0.39, 0.29) is 11.6 Å². The molecule has 4 aromatic rings. The lowest BCUT2D eigenvalue weighted by Crippen LogP contribution is -2.19. The highest BCUT2D eigenvalue weighted by Gasteiger charge is 2.35. The van der Waals surface area contributed by atoms with Gasteiger partial charge in [0.25, 0.3) is 0 Å². The Kier molecular flexibility index (Phi) is 2.72. The van der Waals surface area contributed by atoms with Crippen LogP contribution in [0.4, 0.5) is 0 Å². The van der Waals surface area contributed by atoms with E-state index in [4.69, 9.17) is 11.6 Å². The second kappa shape index (κ2) is 4.72. The molecule has 0 bridgehead atoms. The maximum absolute atomic E-state index is 13.2. The van der Waals surface area contributed by atoms with Crippen LogP contribution in [0, 0.1) is 0 Å². The summed E-state index contributed by atoms with van der Waals surface area (Å²) in [5, 5.41) is 2.00. The largest absolute Gasteiger partial charge is 0.288 e. The van der Waals surface area contributed by atoms with Crippen LogP contribution in [0.15, 0.2) is 48.7 Å². The number of nitrogens with zero attached hydrogens (tertiary/aromatic N) is 1. The number of benzene rings is 2. The predicted molar refractivity (Wildman–Crippen MR) is 95.4 cm³/mol. The summed E-state index contributed by atoms with van der Waals surface area (Å²) >= 11 is 7.43. The average Bonchev–Trinajstić information content (AvgIpc) is 2.98. The molecule has 0 saturated heterocycles. The van der Waals surface area contributed by atoms with Crippen molar-refractivity contribution in [1.29, 1.82) is 0 Å². The van der Waals surface area contributed by atoms with E-state index in [0.29, 0.717) is 37.5 Å². The Hall–Kier alpha value is -2.56.